The van der Waals surface area contributed by atoms with Gasteiger partial charge in [0.2, 0.25) is 0 Å². The number of hydrogen-bond donors (Lipinski definition) is 0. The summed E-state index contributed by atoms with van der Waals surface area (Å²) in [5, 5.41) is 2.03. The van der Waals surface area contributed by atoms with Crippen molar-refractivity contribution in [3.8, 4) is 50.9 Å². The minimum absolute atomic E-state index is 0. The first kappa shape index (κ1) is 33.0. The van der Waals surface area contributed by atoms with E-state index in [4.69, 9.17) is 17.9 Å². The molecule has 3 heterocycles. The Morgan fingerprint density at radius 2 is 1.30 bits per heavy atom. The van der Waals surface area contributed by atoms with Crippen LogP contribution in [-0.4, -0.2) is 14.1 Å². The van der Waals surface area contributed by atoms with Gasteiger partial charge in [-0.05, 0) is 109 Å². The summed E-state index contributed by atoms with van der Waals surface area (Å²) in [4.78, 5) is 4.83. The number of nitrogens with zero attached hydrogens (tertiary/aromatic N) is 4. The van der Waals surface area contributed by atoms with Gasteiger partial charge in [-0.2, -0.15) is 18.2 Å². The van der Waals surface area contributed by atoms with Crippen LogP contribution in [0, 0.1) is 18.5 Å². The van der Waals surface area contributed by atoms with Crippen LogP contribution in [0.5, 0.6) is 11.5 Å². The van der Waals surface area contributed by atoms with Gasteiger partial charge in [0.05, 0.1) is 30.4 Å². The summed E-state index contributed by atoms with van der Waals surface area (Å²) in [6.07, 6.45) is 7.23. The minimum Gasteiger partial charge on any atom is -0.510 e. The van der Waals surface area contributed by atoms with Crippen LogP contribution in [0.25, 0.3) is 72.3 Å². The van der Waals surface area contributed by atoms with Gasteiger partial charge in [0, 0.05) is 44.3 Å². The molecule has 330 valence electrons. The first-order valence-electron chi connectivity index (χ1n) is 26.9. The molecule has 0 saturated carbocycles. The molecule has 5 nitrogen and oxygen atoms in total. The maximum atomic E-state index is 9.20. The molecule has 0 atom stereocenters. The number of benzene rings is 7. The molecule has 0 saturated heterocycles. The Bertz CT molecular complexity index is 3920. The molecule has 1 aliphatic rings. The fraction of sp³-hybridized carbons (Fsp3) is 0.200. The Morgan fingerprint density at radius 3 is 1.98 bits per heavy atom. The molecule has 0 radical (unpaired) electrons. The van der Waals surface area contributed by atoms with Gasteiger partial charge >= 0.3 is 0 Å². The minimum atomic E-state index is -0.565. The van der Waals surface area contributed by atoms with Crippen LogP contribution in [0.15, 0.2) is 164 Å². The van der Waals surface area contributed by atoms with E-state index in [1.54, 1.807) is 22.8 Å². The molecular weight excluding hydrogens is 988 g/mol. The third kappa shape index (κ3) is 7.48. The summed E-state index contributed by atoms with van der Waals surface area (Å²) < 4.78 is 101. The van der Waals surface area contributed by atoms with Gasteiger partial charge in [-0.3, -0.25) is 4.57 Å². The number of hydrogen-bond acceptors (Lipinski definition) is 2. The quantitative estimate of drug-likeness (QED) is 0.118. The second-order valence-corrected chi connectivity index (χ2v) is 19.2. The largest absolute Gasteiger partial charge is 0.510 e. The van der Waals surface area contributed by atoms with Crippen molar-refractivity contribution in [2.45, 2.75) is 77.6 Å². The number of imidazole rings is 1. The van der Waals surface area contributed by atoms with Crippen LogP contribution in [0.2, 0.25) is 0 Å². The Morgan fingerprint density at radius 1 is 0.667 bits per heavy atom. The standard InChI is InChI=1S/C60H52N4O.Pt/c1-58(2,3)42-30-33-61-56(34-42)64-52-27-15-14-24-48(52)49-29-28-45(36-53(49)64)65-44-23-16-22-43(35-44)62-39-63(55-38-51-50(37-54(55)62)59(4,5)31-32-60(51,6)7)57-46(40-18-10-8-11-19-40)25-17-26-47(57)41-20-12-9-13-21-41;/h8-30,33-34,37-38H,31-32H2,1-7H3;/q-2;/i8D,9D,10D,11D,12D,13D,18D,19D,20D,21D;. The van der Waals surface area contributed by atoms with E-state index >= 15 is 0 Å². The summed E-state index contributed by atoms with van der Waals surface area (Å²) in [7, 11) is 0. The van der Waals surface area contributed by atoms with E-state index in [1.807, 2.05) is 59.3 Å². The second kappa shape index (κ2) is 16.4. The fourth-order valence-corrected chi connectivity index (χ4v) is 9.39. The van der Waals surface area contributed by atoms with E-state index in [2.05, 4.69) is 102 Å². The smallest absolute Gasteiger partial charge is 0.268 e. The van der Waals surface area contributed by atoms with Crippen molar-refractivity contribution in [3.63, 3.8) is 0 Å². The first-order chi connectivity index (χ1) is 35.5. The number of fused-ring (bicyclic) bond motifs is 5. The van der Waals surface area contributed by atoms with E-state index in [0.717, 1.165) is 57.2 Å². The van der Waals surface area contributed by atoms with Crippen molar-refractivity contribution in [1.82, 2.24) is 14.1 Å². The molecule has 0 fully saturated rings. The predicted molar refractivity (Wildman–Crippen MR) is 265 cm³/mol. The first-order valence-corrected chi connectivity index (χ1v) is 21.9. The molecular formula is C60H52N4OPt-2. The molecule has 0 spiro atoms. The van der Waals surface area contributed by atoms with Crippen molar-refractivity contribution >= 4 is 32.8 Å². The average molecular weight is 1050 g/mol. The maximum absolute atomic E-state index is 9.20. The van der Waals surface area contributed by atoms with Gasteiger partial charge in [-0.15, -0.1) is 29.7 Å². The molecule has 11 rings (SSSR count). The molecule has 10 aromatic rings. The van der Waals surface area contributed by atoms with Crippen LogP contribution in [0.1, 0.15) is 91.7 Å². The SMILES string of the molecule is [2H]c1c([2H])c([2H])c(-c2cccc(-c3c([2H])c([2H])c([2H])c([2H])c3[2H])c2-[n+]2[c-]n(-c3[c-]c(Oc4[c-]c5c(cc4)c4ccccc4n5-c4cc(C(C)(C)C)ccn4)ccc3)c3cc4c(cc32)C(C)(C)CCC4(C)C)c([2H])c1[2H].[Pt]. The van der Waals surface area contributed by atoms with Gasteiger partial charge in [0.1, 0.15) is 5.82 Å². The van der Waals surface area contributed by atoms with Gasteiger partial charge in [0.25, 0.3) is 6.33 Å². The van der Waals surface area contributed by atoms with E-state index < -0.39 is 60.4 Å². The van der Waals surface area contributed by atoms with E-state index in [0.29, 0.717) is 28.2 Å². The van der Waals surface area contributed by atoms with E-state index in [1.165, 1.54) is 0 Å². The van der Waals surface area contributed by atoms with Gasteiger partial charge in [-0.25, -0.2) is 4.98 Å². The number of pyridine rings is 1. The zero-order chi connectivity index (χ0) is 53.4. The van der Waals surface area contributed by atoms with Gasteiger partial charge in [-0.1, -0.05) is 151 Å². The predicted octanol–water partition coefficient (Wildman–Crippen LogP) is 14.6. The number of para-hydroxylation sites is 2. The van der Waals surface area contributed by atoms with E-state index in [-0.39, 0.29) is 65.3 Å². The molecule has 66 heavy (non-hydrogen) atoms. The van der Waals surface area contributed by atoms with Crippen molar-refractivity contribution in [2.24, 2.45) is 0 Å². The molecule has 7 aromatic carbocycles. The van der Waals surface area contributed by atoms with Crippen molar-refractivity contribution < 1.29 is 44.1 Å². The Hall–Kier alpha value is -6.55. The Kier molecular flexibility index (Phi) is 8.20. The number of rotatable bonds is 7. The monoisotopic (exact) mass is 1050 g/mol. The molecule has 0 unspecified atom stereocenters. The summed E-state index contributed by atoms with van der Waals surface area (Å²) in [6.45, 7) is 15.4. The molecule has 0 amide bonds. The Balaban J connectivity index is 0.00000657. The van der Waals surface area contributed by atoms with Crippen molar-refractivity contribution in [2.75, 3.05) is 0 Å². The number of ether oxygens (including phenoxy) is 1. The Labute approximate surface area is 416 Å². The zero-order valence-corrected chi connectivity index (χ0v) is 40.0. The fourth-order valence-electron chi connectivity index (χ4n) is 9.39. The summed E-state index contributed by atoms with van der Waals surface area (Å²) in [6, 6.07) is 32.8. The van der Waals surface area contributed by atoms with E-state index in [9.17, 15) is 5.48 Å². The summed E-state index contributed by atoms with van der Waals surface area (Å²) in [5.74, 6) is 1.58. The van der Waals surface area contributed by atoms with Crippen molar-refractivity contribution in [3.05, 3.63) is 199 Å². The molecule has 0 aliphatic heterocycles. The zero-order valence-electron chi connectivity index (χ0n) is 47.7. The van der Waals surface area contributed by atoms with Crippen molar-refractivity contribution in [1.29, 1.82) is 0 Å². The van der Waals surface area contributed by atoms with Crippen LogP contribution < -0.4 is 9.30 Å². The average Bonchev–Trinajstić information content (AvgIpc) is 3.98. The van der Waals surface area contributed by atoms with Gasteiger partial charge < -0.3 is 13.9 Å². The normalized spacial score (nSPS) is 16.4. The van der Waals surface area contributed by atoms with Crippen LogP contribution in [0.4, 0.5) is 0 Å². The van der Waals surface area contributed by atoms with Crippen LogP contribution >= 0.6 is 0 Å². The summed E-state index contributed by atoms with van der Waals surface area (Å²) >= 11 is 0. The third-order valence-electron chi connectivity index (χ3n) is 13.0. The number of aromatic nitrogens is 4. The van der Waals surface area contributed by atoms with Gasteiger partial charge in [0.15, 0.2) is 0 Å². The molecule has 3 aromatic heterocycles. The second-order valence-electron chi connectivity index (χ2n) is 19.2. The van der Waals surface area contributed by atoms with Crippen LogP contribution in [-0.2, 0) is 37.3 Å². The topological polar surface area (TPSA) is 35.9 Å². The molecule has 0 bridgehead atoms. The molecule has 0 N–H and O–H groups in total. The summed E-state index contributed by atoms with van der Waals surface area (Å²) in [5.41, 5.74) is 6.57. The third-order valence-corrected chi connectivity index (χ3v) is 13.0. The maximum Gasteiger partial charge on any atom is 0.268 e. The van der Waals surface area contributed by atoms with Crippen LogP contribution in [0.3, 0.4) is 0 Å². The molecule has 6 heteroatoms. The molecule has 1 aliphatic carbocycles.